The lowest BCUT2D eigenvalue weighted by Crippen LogP contribution is -2.54. The van der Waals surface area contributed by atoms with Crippen molar-refractivity contribution in [3.63, 3.8) is 0 Å². The number of carbonyl (C=O) groups excluding carboxylic acids is 3. The molecule has 36 heavy (non-hydrogen) atoms. The van der Waals surface area contributed by atoms with Gasteiger partial charge in [0.15, 0.2) is 11.5 Å². The van der Waals surface area contributed by atoms with Crippen molar-refractivity contribution >= 4 is 52.8 Å². The van der Waals surface area contributed by atoms with E-state index in [9.17, 15) is 14.4 Å². The van der Waals surface area contributed by atoms with Gasteiger partial charge in [0.05, 0.1) is 12.3 Å². The first-order chi connectivity index (χ1) is 17.3. The van der Waals surface area contributed by atoms with Gasteiger partial charge in [-0.3, -0.25) is 14.9 Å². The number of nitrogens with zero attached hydrogens (tertiary/aromatic N) is 1. The molecule has 1 saturated heterocycles. The summed E-state index contributed by atoms with van der Waals surface area (Å²) < 4.78 is 11.6. The Bertz CT molecular complexity index is 1390. The molecule has 9 heteroatoms. The lowest BCUT2D eigenvalue weighted by molar-refractivity contribution is -0.122. The van der Waals surface area contributed by atoms with Gasteiger partial charge in [-0.05, 0) is 73.0 Å². The Morgan fingerprint density at radius 2 is 1.72 bits per heavy atom. The predicted molar refractivity (Wildman–Crippen MR) is 139 cm³/mol. The molecule has 0 radical (unpaired) electrons. The van der Waals surface area contributed by atoms with Gasteiger partial charge in [0.1, 0.15) is 12.2 Å². The first kappa shape index (κ1) is 25.3. The van der Waals surface area contributed by atoms with Crippen LogP contribution in [0.15, 0.2) is 66.2 Å². The highest BCUT2D eigenvalue weighted by Crippen LogP contribution is 2.32. The number of urea groups is 1. The Labute approximate surface area is 218 Å². The smallest absolute Gasteiger partial charge is 0.335 e. The Kier molecular flexibility index (Phi) is 7.62. The molecular formula is C27H22Cl2N2O5. The molecule has 0 spiro atoms. The number of barbiturate groups is 1. The van der Waals surface area contributed by atoms with Crippen LogP contribution in [0.4, 0.5) is 10.5 Å². The van der Waals surface area contributed by atoms with Crippen LogP contribution in [0, 0.1) is 6.92 Å². The van der Waals surface area contributed by atoms with Gasteiger partial charge < -0.3 is 9.47 Å². The number of rotatable bonds is 7. The lowest BCUT2D eigenvalue weighted by Gasteiger charge is -2.27. The Morgan fingerprint density at radius 3 is 2.47 bits per heavy atom. The van der Waals surface area contributed by atoms with E-state index >= 15 is 0 Å². The SMILES string of the molecule is CCOc1cc(/C=C2\C(=O)NC(=O)N(c3cccc(Cl)c3C)C2=O)ccc1OCc1cccc(Cl)c1. The average Bonchev–Trinajstić information content (AvgIpc) is 2.84. The van der Waals surface area contributed by atoms with Gasteiger partial charge in [-0.1, -0.05) is 47.5 Å². The minimum atomic E-state index is -0.840. The molecule has 1 aliphatic heterocycles. The van der Waals surface area contributed by atoms with E-state index in [2.05, 4.69) is 5.32 Å². The van der Waals surface area contributed by atoms with Gasteiger partial charge in [0, 0.05) is 10.0 Å². The van der Waals surface area contributed by atoms with Crippen LogP contribution in [-0.2, 0) is 16.2 Å². The van der Waals surface area contributed by atoms with Crippen LogP contribution in [0.5, 0.6) is 11.5 Å². The number of halogens is 2. The first-order valence-corrected chi connectivity index (χ1v) is 11.8. The zero-order chi connectivity index (χ0) is 25.8. The maximum atomic E-state index is 13.2. The summed E-state index contributed by atoms with van der Waals surface area (Å²) >= 11 is 12.2. The molecule has 3 aromatic rings. The number of anilines is 1. The molecule has 184 valence electrons. The van der Waals surface area contributed by atoms with E-state index in [1.807, 2.05) is 25.1 Å². The maximum absolute atomic E-state index is 13.2. The molecule has 3 aromatic carbocycles. The number of ether oxygens (including phenoxy) is 2. The summed E-state index contributed by atoms with van der Waals surface area (Å²) in [6, 6.07) is 16.4. The molecule has 1 aliphatic rings. The Hall–Kier alpha value is -3.81. The molecule has 0 unspecified atom stereocenters. The van der Waals surface area contributed by atoms with Gasteiger partial charge in [0.2, 0.25) is 0 Å². The van der Waals surface area contributed by atoms with E-state index < -0.39 is 17.8 Å². The van der Waals surface area contributed by atoms with Gasteiger partial charge in [-0.2, -0.15) is 0 Å². The monoisotopic (exact) mass is 524 g/mol. The van der Waals surface area contributed by atoms with Crippen molar-refractivity contribution in [1.82, 2.24) is 5.32 Å². The largest absolute Gasteiger partial charge is 0.490 e. The fourth-order valence-corrected chi connectivity index (χ4v) is 4.05. The lowest BCUT2D eigenvalue weighted by atomic mass is 10.1. The van der Waals surface area contributed by atoms with Gasteiger partial charge in [0.25, 0.3) is 11.8 Å². The van der Waals surface area contributed by atoms with Crippen LogP contribution in [0.2, 0.25) is 10.0 Å². The Balaban J connectivity index is 1.63. The molecule has 4 rings (SSSR count). The van der Waals surface area contributed by atoms with Gasteiger partial charge in [-0.25, -0.2) is 9.69 Å². The van der Waals surface area contributed by atoms with Crippen molar-refractivity contribution in [2.75, 3.05) is 11.5 Å². The van der Waals surface area contributed by atoms with Crippen LogP contribution in [-0.4, -0.2) is 24.5 Å². The van der Waals surface area contributed by atoms with E-state index in [0.29, 0.717) is 45.0 Å². The number of amides is 4. The normalized spacial score (nSPS) is 14.7. The molecule has 0 saturated carbocycles. The van der Waals surface area contributed by atoms with Crippen molar-refractivity contribution < 1.29 is 23.9 Å². The van der Waals surface area contributed by atoms with E-state index in [0.717, 1.165) is 10.5 Å². The summed E-state index contributed by atoms with van der Waals surface area (Å²) in [5.74, 6) is -0.616. The van der Waals surface area contributed by atoms with Crippen molar-refractivity contribution in [3.8, 4) is 11.5 Å². The third-order valence-electron chi connectivity index (χ3n) is 5.44. The van der Waals surface area contributed by atoms with E-state index in [1.165, 1.54) is 6.08 Å². The van der Waals surface area contributed by atoms with Crippen molar-refractivity contribution in [2.24, 2.45) is 0 Å². The molecule has 0 aromatic heterocycles. The maximum Gasteiger partial charge on any atom is 0.335 e. The standard InChI is InChI=1S/C27H22Cl2N2O5/c1-3-35-24-14-17(10-11-23(24)36-15-18-6-4-7-19(28)12-18)13-20-25(32)30-27(34)31(26(20)33)22-9-5-8-21(29)16(22)2/h4-14H,3,15H2,1-2H3,(H,30,32,34)/b20-13+. The summed E-state index contributed by atoms with van der Waals surface area (Å²) in [5.41, 5.74) is 2.04. The predicted octanol–water partition coefficient (Wildman–Crippen LogP) is 5.95. The van der Waals surface area contributed by atoms with Crippen LogP contribution >= 0.6 is 23.2 Å². The molecule has 1 heterocycles. The summed E-state index contributed by atoms with van der Waals surface area (Å²) in [6.45, 7) is 4.18. The zero-order valence-corrected chi connectivity index (χ0v) is 21.0. The second-order valence-electron chi connectivity index (χ2n) is 7.90. The molecule has 0 atom stereocenters. The molecular weight excluding hydrogens is 503 g/mol. The molecule has 4 amide bonds. The topological polar surface area (TPSA) is 84.9 Å². The number of hydrogen-bond donors (Lipinski definition) is 1. The fourth-order valence-electron chi connectivity index (χ4n) is 3.67. The van der Waals surface area contributed by atoms with Gasteiger partial charge in [-0.15, -0.1) is 0 Å². The van der Waals surface area contributed by atoms with E-state index in [4.69, 9.17) is 32.7 Å². The minimum Gasteiger partial charge on any atom is -0.490 e. The van der Waals surface area contributed by atoms with Crippen molar-refractivity contribution in [1.29, 1.82) is 0 Å². The van der Waals surface area contributed by atoms with Crippen LogP contribution in [0.3, 0.4) is 0 Å². The molecule has 1 N–H and O–H groups in total. The minimum absolute atomic E-state index is 0.205. The van der Waals surface area contributed by atoms with Crippen LogP contribution in [0.1, 0.15) is 23.6 Å². The number of hydrogen-bond acceptors (Lipinski definition) is 5. The summed E-state index contributed by atoms with van der Waals surface area (Å²) in [4.78, 5) is 39.2. The zero-order valence-electron chi connectivity index (χ0n) is 19.5. The first-order valence-electron chi connectivity index (χ1n) is 11.1. The molecule has 0 bridgehead atoms. The van der Waals surface area contributed by atoms with E-state index in [-0.39, 0.29) is 12.2 Å². The molecule has 7 nitrogen and oxygen atoms in total. The van der Waals surface area contributed by atoms with E-state index in [1.54, 1.807) is 49.4 Å². The van der Waals surface area contributed by atoms with Crippen LogP contribution in [0.25, 0.3) is 6.08 Å². The highest BCUT2D eigenvalue weighted by atomic mass is 35.5. The number of nitrogens with one attached hydrogen (secondary N) is 1. The van der Waals surface area contributed by atoms with Crippen molar-refractivity contribution in [3.05, 3.63) is 93.0 Å². The van der Waals surface area contributed by atoms with Crippen LogP contribution < -0.4 is 19.7 Å². The summed E-state index contributed by atoms with van der Waals surface area (Å²) in [7, 11) is 0. The second-order valence-corrected chi connectivity index (χ2v) is 8.74. The highest BCUT2D eigenvalue weighted by Gasteiger charge is 2.37. The fraction of sp³-hybridized carbons (Fsp3) is 0.148. The molecule has 1 fully saturated rings. The summed E-state index contributed by atoms with van der Waals surface area (Å²) in [5, 5.41) is 3.22. The van der Waals surface area contributed by atoms with Gasteiger partial charge >= 0.3 is 6.03 Å². The third-order valence-corrected chi connectivity index (χ3v) is 6.09. The summed E-state index contributed by atoms with van der Waals surface area (Å²) in [6.07, 6.45) is 1.40. The quantitative estimate of drug-likeness (QED) is 0.305. The number of benzene rings is 3. The van der Waals surface area contributed by atoms with Crippen molar-refractivity contribution in [2.45, 2.75) is 20.5 Å². The average molecular weight is 525 g/mol. The molecule has 0 aliphatic carbocycles. The Morgan fingerprint density at radius 1 is 0.944 bits per heavy atom. The second kappa shape index (κ2) is 10.8. The highest BCUT2D eigenvalue weighted by molar-refractivity contribution is 6.40. The number of imide groups is 2. The third kappa shape index (κ3) is 5.37. The number of carbonyl (C=O) groups is 3.